The van der Waals surface area contributed by atoms with Crippen LogP contribution in [0.5, 0.6) is 0 Å². The number of pyridine rings is 1. The second-order valence-electron chi connectivity index (χ2n) is 4.79. The van der Waals surface area contributed by atoms with Gasteiger partial charge in [0.05, 0.1) is 11.0 Å². The van der Waals surface area contributed by atoms with Crippen molar-refractivity contribution in [2.45, 2.75) is 25.2 Å². The lowest BCUT2D eigenvalue weighted by atomic mass is 10.2. The molecule has 0 aliphatic rings. The molecule has 1 aromatic rings. The van der Waals surface area contributed by atoms with Crippen molar-refractivity contribution in [3.05, 3.63) is 18.3 Å². The summed E-state index contributed by atoms with van der Waals surface area (Å²) < 4.78 is 26.6. The maximum absolute atomic E-state index is 12.6. The number of sulfonamides is 1. The Bertz CT molecular complexity index is 578. The topological polar surface area (TPSA) is 86.1 Å². The van der Waals surface area contributed by atoms with Crippen LogP contribution >= 0.6 is 0 Å². The molecule has 6 nitrogen and oxygen atoms in total. The quantitative estimate of drug-likeness (QED) is 0.827. The number of anilines is 1. The molecule has 1 rings (SSSR count). The molecule has 1 N–H and O–H groups in total. The highest BCUT2D eigenvalue weighted by Gasteiger charge is 2.25. The first-order valence-corrected chi connectivity index (χ1v) is 7.86. The molecule has 0 saturated heterocycles. The van der Waals surface area contributed by atoms with Gasteiger partial charge in [0.15, 0.2) is 0 Å². The zero-order valence-electron chi connectivity index (χ0n) is 12.0. The first-order valence-electron chi connectivity index (χ1n) is 6.42. The molecule has 0 amide bonds. The van der Waals surface area contributed by atoms with Crippen LogP contribution in [0.3, 0.4) is 0 Å². The summed E-state index contributed by atoms with van der Waals surface area (Å²) in [5.74, 6) is 0.685. The number of hydrogen-bond donors (Lipinski definition) is 1. The molecule has 0 saturated carbocycles. The molecule has 0 aromatic carbocycles. The molecular weight excluding hydrogens is 276 g/mol. The molecule has 1 heterocycles. The largest absolute Gasteiger partial charge is 0.373 e. The zero-order chi connectivity index (χ0) is 15.2. The minimum atomic E-state index is -3.60. The van der Waals surface area contributed by atoms with E-state index in [-0.39, 0.29) is 23.8 Å². The standard InChI is InChI=1S/C13H20N4O2S/c1-11(2)10-17(8-4-6-14)20(18,19)12-5-7-16-13(9-12)15-3/h5,7,9,11H,4,8,10H2,1-3H3,(H,15,16). The van der Waals surface area contributed by atoms with E-state index in [0.29, 0.717) is 12.4 Å². The van der Waals surface area contributed by atoms with Crippen molar-refractivity contribution in [1.82, 2.24) is 9.29 Å². The van der Waals surface area contributed by atoms with E-state index in [1.807, 2.05) is 19.9 Å². The van der Waals surface area contributed by atoms with E-state index in [1.54, 1.807) is 7.05 Å². The smallest absolute Gasteiger partial charge is 0.243 e. The third-order valence-corrected chi connectivity index (χ3v) is 4.53. The molecular formula is C13H20N4O2S. The van der Waals surface area contributed by atoms with E-state index in [9.17, 15) is 8.42 Å². The summed E-state index contributed by atoms with van der Waals surface area (Å²) in [7, 11) is -1.92. The second-order valence-corrected chi connectivity index (χ2v) is 6.73. The summed E-state index contributed by atoms with van der Waals surface area (Å²) in [5, 5.41) is 11.5. The fourth-order valence-corrected chi connectivity index (χ4v) is 3.37. The Labute approximate surface area is 120 Å². The van der Waals surface area contributed by atoms with Gasteiger partial charge in [-0.3, -0.25) is 0 Å². The van der Waals surface area contributed by atoms with E-state index in [4.69, 9.17) is 5.26 Å². The lowest BCUT2D eigenvalue weighted by molar-refractivity contribution is 0.373. The summed E-state index contributed by atoms with van der Waals surface area (Å²) >= 11 is 0. The molecule has 0 fully saturated rings. The van der Waals surface area contributed by atoms with Gasteiger partial charge in [0.2, 0.25) is 10.0 Å². The molecule has 7 heteroatoms. The Balaban J connectivity index is 3.11. The minimum absolute atomic E-state index is 0.177. The number of rotatable bonds is 7. The Kier molecular flexibility index (Phi) is 5.92. The first-order chi connectivity index (χ1) is 9.41. The van der Waals surface area contributed by atoms with Gasteiger partial charge < -0.3 is 5.32 Å². The fourth-order valence-electron chi connectivity index (χ4n) is 1.75. The molecule has 0 aliphatic heterocycles. The van der Waals surface area contributed by atoms with Gasteiger partial charge in [-0.05, 0) is 12.0 Å². The molecule has 1 aromatic heterocycles. The average molecular weight is 296 g/mol. The molecule has 0 atom stereocenters. The minimum Gasteiger partial charge on any atom is -0.373 e. The summed E-state index contributed by atoms with van der Waals surface area (Å²) in [6.07, 6.45) is 1.63. The molecule has 0 radical (unpaired) electrons. The number of nitriles is 1. The molecule has 0 bridgehead atoms. The van der Waals surface area contributed by atoms with Crippen molar-refractivity contribution in [2.75, 3.05) is 25.5 Å². The average Bonchev–Trinajstić information content (AvgIpc) is 2.43. The van der Waals surface area contributed by atoms with Crippen molar-refractivity contribution in [2.24, 2.45) is 5.92 Å². The number of nitrogens with one attached hydrogen (secondary N) is 1. The van der Waals surface area contributed by atoms with Crippen LogP contribution in [0.15, 0.2) is 23.2 Å². The van der Waals surface area contributed by atoms with Crippen LogP contribution in [0.4, 0.5) is 5.82 Å². The van der Waals surface area contributed by atoms with Gasteiger partial charge in [0.25, 0.3) is 0 Å². The molecule has 0 unspecified atom stereocenters. The Hall–Kier alpha value is -1.65. The van der Waals surface area contributed by atoms with Crippen LogP contribution in [0.1, 0.15) is 20.3 Å². The predicted molar refractivity (Wildman–Crippen MR) is 77.6 cm³/mol. The van der Waals surface area contributed by atoms with Gasteiger partial charge >= 0.3 is 0 Å². The Morgan fingerprint density at radius 3 is 2.75 bits per heavy atom. The number of hydrogen-bond acceptors (Lipinski definition) is 5. The first kappa shape index (κ1) is 16.4. The highest BCUT2D eigenvalue weighted by molar-refractivity contribution is 7.89. The van der Waals surface area contributed by atoms with E-state index < -0.39 is 10.0 Å². The maximum Gasteiger partial charge on any atom is 0.243 e. The highest BCUT2D eigenvalue weighted by atomic mass is 32.2. The van der Waals surface area contributed by atoms with Crippen molar-refractivity contribution in [1.29, 1.82) is 5.26 Å². The second kappa shape index (κ2) is 7.22. The van der Waals surface area contributed by atoms with Gasteiger partial charge in [-0.2, -0.15) is 9.57 Å². The summed E-state index contributed by atoms with van der Waals surface area (Å²) in [6.45, 7) is 4.48. The summed E-state index contributed by atoms with van der Waals surface area (Å²) in [4.78, 5) is 4.20. The molecule has 110 valence electrons. The van der Waals surface area contributed by atoms with E-state index in [0.717, 1.165) is 0 Å². The third kappa shape index (κ3) is 4.18. The lowest BCUT2D eigenvalue weighted by Crippen LogP contribution is -2.35. The third-order valence-electron chi connectivity index (χ3n) is 2.67. The molecule has 0 aliphatic carbocycles. The molecule has 0 spiro atoms. The predicted octanol–water partition coefficient (Wildman–Crippen LogP) is 1.68. The van der Waals surface area contributed by atoms with E-state index in [2.05, 4.69) is 10.3 Å². The van der Waals surface area contributed by atoms with E-state index in [1.165, 1.54) is 22.6 Å². The van der Waals surface area contributed by atoms with Crippen molar-refractivity contribution in [3.63, 3.8) is 0 Å². The maximum atomic E-state index is 12.6. The van der Waals surface area contributed by atoms with E-state index >= 15 is 0 Å². The van der Waals surface area contributed by atoms with Crippen LogP contribution in [0.25, 0.3) is 0 Å². The SMILES string of the molecule is CNc1cc(S(=O)(=O)N(CCC#N)CC(C)C)ccn1. The van der Waals surface area contributed by atoms with Crippen molar-refractivity contribution in [3.8, 4) is 6.07 Å². The number of nitrogens with zero attached hydrogens (tertiary/aromatic N) is 3. The normalized spacial score (nSPS) is 11.6. The lowest BCUT2D eigenvalue weighted by Gasteiger charge is -2.23. The molecule has 20 heavy (non-hydrogen) atoms. The van der Waals surface area contributed by atoms with Gasteiger partial charge in [-0.25, -0.2) is 13.4 Å². The Morgan fingerprint density at radius 2 is 2.20 bits per heavy atom. The monoisotopic (exact) mass is 296 g/mol. The van der Waals surface area contributed by atoms with Crippen LogP contribution in [-0.2, 0) is 10.0 Å². The van der Waals surface area contributed by atoms with Crippen LogP contribution in [0, 0.1) is 17.2 Å². The van der Waals surface area contributed by atoms with Gasteiger partial charge in [-0.15, -0.1) is 0 Å². The summed E-state index contributed by atoms with van der Waals surface area (Å²) in [5.41, 5.74) is 0. The van der Waals surface area contributed by atoms with Crippen molar-refractivity contribution >= 4 is 15.8 Å². The number of aromatic nitrogens is 1. The van der Waals surface area contributed by atoms with Gasteiger partial charge in [0, 0.05) is 38.8 Å². The fraction of sp³-hybridized carbons (Fsp3) is 0.538. The van der Waals surface area contributed by atoms with Crippen LogP contribution < -0.4 is 5.32 Å². The van der Waals surface area contributed by atoms with Crippen LogP contribution in [0.2, 0.25) is 0 Å². The zero-order valence-corrected chi connectivity index (χ0v) is 12.8. The van der Waals surface area contributed by atoms with Gasteiger partial charge in [-0.1, -0.05) is 13.8 Å². The van der Waals surface area contributed by atoms with Crippen LogP contribution in [-0.4, -0.2) is 37.8 Å². The summed E-state index contributed by atoms with van der Waals surface area (Å²) in [6, 6.07) is 4.95. The highest BCUT2D eigenvalue weighted by Crippen LogP contribution is 2.19. The van der Waals surface area contributed by atoms with Crippen molar-refractivity contribution < 1.29 is 8.42 Å². The Morgan fingerprint density at radius 1 is 1.50 bits per heavy atom. The van der Waals surface area contributed by atoms with Gasteiger partial charge in [0.1, 0.15) is 5.82 Å².